The number of nitrogens with one attached hydrogen (secondary N) is 2. The molecule has 7 heteroatoms. The predicted octanol–water partition coefficient (Wildman–Crippen LogP) is 3.10. The Morgan fingerprint density at radius 2 is 2.00 bits per heavy atom. The number of anilines is 1. The summed E-state index contributed by atoms with van der Waals surface area (Å²) >= 11 is 3.20. The first-order valence-corrected chi connectivity index (χ1v) is 6.86. The Hall–Kier alpha value is -2.15. The topological polar surface area (TPSA) is 71.2 Å². The van der Waals surface area contributed by atoms with Crippen LogP contribution in [-0.4, -0.2) is 23.0 Å². The van der Waals surface area contributed by atoms with Gasteiger partial charge < -0.3 is 15.0 Å². The number of ether oxygens (including phenoxy) is 1. The smallest absolute Gasteiger partial charge is 0.355 e. The molecule has 0 saturated carbocycles. The van der Waals surface area contributed by atoms with Crippen LogP contribution in [0.15, 0.2) is 41.0 Å². The van der Waals surface area contributed by atoms with Crippen LogP contribution in [0.25, 0.3) is 0 Å². The molecule has 0 saturated heterocycles. The third-order valence-corrected chi connectivity index (χ3v) is 3.09. The highest BCUT2D eigenvalue weighted by Gasteiger charge is 2.19. The largest absolute Gasteiger partial charge is 0.448 e. The summed E-state index contributed by atoms with van der Waals surface area (Å²) in [6, 6.07) is 6.84. The SMILES string of the molecule is CC(OC(=O)c1cc(Br)c[nH]1)C(=O)Nc1ccc(F)cc1. The summed E-state index contributed by atoms with van der Waals surface area (Å²) in [6.07, 6.45) is 0.601. The molecule has 0 bridgehead atoms. The van der Waals surface area contributed by atoms with Gasteiger partial charge in [-0.2, -0.15) is 0 Å². The van der Waals surface area contributed by atoms with Crippen molar-refractivity contribution in [3.63, 3.8) is 0 Å². The molecule has 2 N–H and O–H groups in total. The molecule has 1 unspecified atom stereocenters. The lowest BCUT2D eigenvalue weighted by Crippen LogP contribution is -2.30. The third kappa shape index (κ3) is 4.16. The Kier molecular flexibility index (Phi) is 4.74. The second kappa shape index (κ2) is 6.53. The summed E-state index contributed by atoms with van der Waals surface area (Å²) in [5, 5.41) is 2.53. The van der Waals surface area contributed by atoms with Crippen LogP contribution in [0.1, 0.15) is 17.4 Å². The van der Waals surface area contributed by atoms with Gasteiger partial charge in [0, 0.05) is 16.4 Å². The molecule has 1 aromatic carbocycles. The Bertz CT molecular complexity index is 654. The van der Waals surface area contributed by atoms with Gasteiger partial charge in [0.25, 0.3) is 5.91 Å². The number of hydrogen-bond acceptors (Lipinski definition) is 3. The number of H-pyrrole nitrogens is 1. The first-order valence-electron chi connectivity index (χ1n) is 6.07. The number of benzene rings is 1. The van der Waals surface area contributed by atoms with E-state index < -0.39 is 23.8 Å². The van der Waals surface area contributed by atoms with Crippen molar-refractivity contribution >= 4 is 33.5 Å². The van der Waals surface area contributed by atoms with Crippen LogP contribution in [-0.2, 0) is 9.53 Å². The number of aromatic nitrogens is 1. The van der Waals surface area contributed by atoms with E-state index in [1.54, 1.807) is 12.3 Å². The van der Waals surface area contributed by atoms with Crippen LogP contribution in [0, 0.1) is 5.82 Å². The van der Waals surface area contributed by atoms with E-state index in [-0.39, 0.29) is 5.69 Å². The summed E-state index contributed by atoms with van der Waals surface area (Å²) in [4.78, 5) is 26.3. The minimum atomic E-state index is -0.982. The van der Waals surface area contributed by atoms with Gasteiger partial charge in [0.15, 0.2) is 6.10 Å². The molecule has 21 heavy (non-hydrogen) atoms. The number of aromatic amines is 1. The van der Waals surface area contributed by atoms with Crippen LogP contribution in [0.3, 0.4) is 0 Å². The van der Waals surface area contributed by atoms with Crippen molar-refractivity contribution in [2.45, 2.75) is 13.0 Å². The number of hydrogen-bond donors (Lipinski definition) is 2. The van der Waals surface area contributed by atoms with E-state index in [4.69, 9.17) is 4.74 Å². The summed E-state index contributed by atoms with van der Waals surface area (Å²) in [5.74, 6) is -1.53. The lowest BCUT2D eigenvalue weighted by molar-refractivity contribution is -0.123. The van der Waals surface area contributed by atoms with Crippen molar-refractivity contribution < 1.29 is 18.7 Å². The molecule has 5 nitrogen and oxygen atoms in total. The zero-order valence-electron chi connectivity index (χ0n) is 11.0. The number of carbonyl (C=O) groups is 2. The molecule has 0 aliphatic rings. The number of esters is 1. The van der Waals surface area contributed by atoms with Crippen LogP contribution in [0.5, 0.6) is 0 Å². The molecule has 0 radical (unpaired) electrons. The summed E-state index contributed by atoms with van der Waals surface area (Å²) in [5.41, 5.74) is 0.662. The maximum Gasteiger partial charge on any atom is 0.355 e. The van der Waals surface area contributed by atoms with E-state index >= 15 is 0 Å². The van der Waals surface area contributed by atoms with Gasteiger partial charge >= 0.3 is 5.97 Å². The molecule has 0 aliphatic heterocycles. The summed E-state index contributed by atoms with van der Waals surface area (Å²) in [7, 11) is 0. The Balaban J connectivity index is 1.93. The highest BCUT2D eigenvalue weighted by Crippen LogP contribution is 2.13. The fourth-order valence-electron chi connectivity index (χ4n) is 1.54. The Morgan fingerprint density at radius 1 is 1.33 bits per heavy atom. The van der Waals surface area contributed by atoms with Crippen LogP contribution in [0.2, 0.25) is 0 Å². The number of halogens is 2. The normalized spacial score (nSPS) is 11.8. The van der Waals surface area contributed by atoms with E-state index in [9.17, 15) is 14.0 Å². The van der Waals surface area contributed by atoms with Gasteiger partial charge in [-0.25, -0.2) is 9.18 Å². The molecule has 0 spiro atoms. The maximum absolute atomic E-state index is 12.8. The zero-order valence-corrected chi connectivity index (χ0v) is 12.6. The molecule has 0 fully saturated rings. The van der Waals surface area contributed by atoms with Gasteiger partial charge in [0.2, 0.25) is 0 Å². The van der Waals surface area contributed by atoms with Gasteiger partial charge in [-0.1, -0.05) is 0 Å². The predicted molar refractivity (Wildman–Crippen MR) is 78.4 cm³/mol. The fraction of sp³-hybridized carbons (Fsp3) is 0.143. The van der Waals surface area contributed by atoms with Crippen molar-refractivity contribution in [1.29, 1.82) is 0 Å². The molecule has 0 aliphatic carbocycles. The Labute approximate surface area is 128 Å². The molecule has 1 aromatic heterocycles. The van der Waals surface area contributed by atoms with E-state index in [0.717, 1.165) is 0 Å². The first-order chi connectivity index (χ1) is 9.95. The average molecular weight is 355 g/mol. The van der Waals surface area contributed by atoms with Crippen molar-refractivity contribution in [1.82, 2.24) is 4.98 Å². The van der Waals surface area contributed by atoms with Crippen molar-refractivity contribution in [2.75, 3.05) is 5.32 Å². The maximum atomic E-state index is 12.8. The van der Waals surface area contributed by atoms with Crippen molar-refractivity contribution in [3.05, 3.63) is 52.5 Å². The van der Waals surface area contributed by atoms with Crippen LogP contribution >= 0.6 is 15.9 Å². The molecule has 2 rings (SSSR count). The molecule has 2 aromatic rings. The minimum absolute atomic E-state index is 0.239. The average Bonchev–Trinajstić information content (AvgIpc) is 2.88. The Morgan fingerprint density at radius 3 is 2.57 bits per heavy atom. The van der Waals surface area contributed by atoms with Crippen molar-refractivity contribution in [2.24, 2.45) is 0 Å². The van der Waals surface area contributed by atoms with Gasteiger partial charge in [-0.15, -0.1) is 0 Å². The second-order valence-corrected chi connectivity index (χ2v) is 5.19. The van der Waals surface area contributed by atoms with E-state index in [2.05, 4.69) is 26.2 Å². The lowest BCUT2D eigenvalue weighted by atomic mass is 10.3. The molecular formula is C14H12BrFN2O3. The number of carbonyl (C=O) groups excluding carboxylic acids is 2. The van der Waals surface area contributed by atoms with Gasteiger partial charge in [0.05, 0.1) is 0 Å². The van der Waals surface area contributed by atoms with Crippen LogP contribution < -0.4 is 5.32 Å². The van der Waals surface area contributed by atoms with Crippen molar-refractivity contribution in [3.8, 4) is 0 Å². The summed E-state index contributed by atoms with van der Waals surface area (Å²) in [6.45, 7) is 1.45. The van der Waals surface area contributed by atoms with Gasteiger partial charge in [0.1, 0.15) is 11.5 Å². The van der Waals surface area contributed by atoms with Gasteiger partial charge in [-0.05, 0) is 53.2 Å². The number of rotatable bonds is 4. The highest BCUT2D eigenvalue weighted by molar-refractivity contribution is 9.10. The van der Waals surface area contributed by atoms with E-state index in [1.165, 1.54) is 31.2 Å². The summed E-state index contributed by atoms with van der Waals surface area (Å²) < 4.78 is 18.5. The monoisotopic (exact) mass is 354 g/mol. The quantitative estimate of drug-likeness (QED) is 0.828. The highest BCUT2D eigenvalue weighted by atomic mass is 79.9. The zero-order chi connectivity index (χ0) is 15.4. The molecule has 110 valence electrons. The standard InChI is InChI=1S/C14H12BrFN2O3/c1-8(21-14(20)12-6-9(15)7-17-12)13(19)18-11-4-2-10(16)3-5-11/h2-8,17H,1H3,(H,18,19). The molecule has 1 heterocycles. The number of amides is 1. The fourth-order valence-corrected chi connectivity index (χ4v) is 1.88. The second-order valence-electron chi connectivity index (χ2n) is 4.28. The third-order valence-electron chi connectivity index (χ3n) is 2.63. The van der Waals surface area contributed by atoms with E-state index in [1.807, 2.05) is 0 Å². The molecular weight excluding hydrogens is 343 g/mol. The van der Waals surface area contributed by atoms with Gasteiger partial charge in [-0.3, -0.25) is 4.79 Å². The minimum Gasteiger partial charge on any atom is -0.448 e. The first kappa shape index (κ1) is 15.2. The molecule has 1 atom stereocenters. The molecule has 1 amide bonds. The van der Waals surface area contributed by atoms with Crippen LogP contribution in [0.4, 0.5) is 10.1 Å². The lowest BCUT2D eigenvalue weighted by Gasteiger charge is -2.13. The van der Waals surface area contributed by atoms with E-state index in [0.29, 0.717) is 10.2 Å².